The summed E-state index contributed by atoms with van der Waals surface area (Å²) in [6.45, 7) is 5.98. The Kier molecular flexibility index (Phi) is 5.24. The van der Waals surface area contributed by atoms with Gasteiger partial charge < -0.3 is 5.73 Å². The molecule has 1 fully saturated rings. The van der Waals surface area contributed by atoms with E-state index in [2.05, 4.69) is 0 Å². The number of hydrogen-bond acceptors (Lipinski definition) is 3. The SMILES string of the molecule is CC(C)(C)S(=O)(=O)CCC1(CN)CCCCCC1. The van der Waals surface area contributed by atoms with Gasteiger partial charge in [0.15, 0.2) is 9.84 Å². The summed E-state index contributed by atoms with van der Waals surface area (Å²) in [6.07, 6.45) is 7.89. The van der Waals surface area contributed by atoms with Crippen LogP contribution < -0.4 is 5.73 Å². The highest BCUT2D eigenvalue weighted by Crippen LogP contribution is 2.38. The predicted molar refractivity (Wildman–Crippen MR) is 77.3 cm³/mol. The van der Waals surface area contributed by atoms with Gasteiger partial charge in [-0.15, -0.1) is 0 Å². The first-order valence-corrected chi connectivity index (χ1v) is 8.80. The lowest BCUT2D eigenvalue weighted by molar-refractivity contribution is 0.245. The Morgan fingerprint density at radius 3 is 1.94 bits per heavy atom. The average Bonchev–Trinajstić information content (AvgIpc) is 2.51. The average molecular weight is 275 g/mol. The standard InChI is InChI=1S/C14H29NO2S/c1-13(2,3)18(16,17)11-10-14(12-15)8-6-4-5-7-9-14/h4-12,15H2,1-3H3. The molecule has 0 aromatic carbocycles. The maximum atomic E-state index is 12.2. The Balaban J connectivity index is 2.69. The van der Waals surface area contributed by atoms with Crippen molar-refractivity contribution in [2.75, 3.05) is 12.3 Å². The van der Waals surface area contributed by atoms with Gasteiger partial charge >= 0.3 is 0 Å². The Hall–Kier alpha value is -0.0900. The van der Waals surface area contributed by atoms with Crippen LogP contribution in [-0.2, 0) is 9.84 Å². The van der Waals surface area contributed by atoms with E-state index >= 15 is 0 Å². The van der Waals surface area contributed by atoms with Gasteiger partial charge in [-0.1, -0.05) is 25.7 Å². The largest absolute Gasteiger partial charge is 0.330 e. The van der Waals surface area contributed by atoms with Crippen LogP contribution in [0.1, 0.15) is 65.7 Å². The molecule has 18 heavy (non-hydrogen) atoms. The molecule has 3 nitrogen and oxygen atoms in total. The second-order valence-corrected chi connectivity index (χ2v) is 9.66. The van der Waals surface area contributed by atoms with Gasteiger partial charge in [-0.3, -0.25) is 0 Å². The molecule has 0 aliphatic heterocycles. The maximum Gasteiger partial charge on any atom is 0.155 e. The summed E-state index contributed by atoms with van der Waals surface area (Å²) in [7, 11) is -3.01. The van der Waals surface area contributed by atoms with Crippen LogP contribution in [0.4, 0.5) is 0 Å². The van der Waals surface area contributed by atoms with Gasteiger partial charge in [-0.25, -0.2) is 8.42 Å². The van der Waals surface area contributed by atoms with E-state index < -0.39 is 14.6 Å². The fourth-order valence-electron chi connectivity index (χ4n) is 2.69. The molecule has 1 aliphatic carbocycles. The third-order valence-electron chi connectivity index (χ3n) is 4.43. The normalized spacial score (nSPS) is 21.6. The quantitative estimate of drug-likeness (QED) is 0.803. The second-order valence-electron chi connectivity index (χ2n) is 6.80. The van der Waals surface area contributed by atoms with Gasteiger partial charge in [0.05, 0.1) is 10.5 Å². The van der Waals surface area contributed by atoms with Gasteiger partial charge in [0.25, 0.3) is 0 Å². The Morgan fingerprint density at radius 2 is 1.56 bits per heavy atom. The highest BCUT2D eigenvalue weighted by molar-refractivity contribution is 7.92. The summed E-state index contributed by atoms with van der Waals surface area (Å²) >= 11 is 0. The van der Waals surface area contributed by atoms with Gasteiger partial charge in [-0.05, 0) is 52.0 Å². The van der Waals surface area contributed by atoms with E-state index in [-0.39, 0.29) is 11.2 Å². The summed E-state index contributed by atoms with van der Waals surface area (Å²) < 4.78 is 23.8. The molecule has 0 bridgehead atoms. The summed E-state index contributed by atoms with van der Waals surface area (Å²) in [4.78, 5) is 0. The van der Waals surface area contributed by atoms with Crippen LogP contribution in [0.15, 0.2) is 0 Å². The van der Waals surface area contributed by atoms with E-state index in [9.17, 15) is 8.42 Å². The molecular formula is C14H29NO2S. The molecule has 0 atom stereocenters. The molecule has 0 amide bonds. The molecule has 0 saturated heterocycles. The topological polar surface area (TPSA) is 60.2 Å². The molecule has 1 saturated carbocycles. The molecule has 0 aromatic heterocycles. The van der Waals surface area contributed by atoms with Gasteiger partial charge in [0.2, 0.25) is 0 Å². The zero-order valence-corrected chi connectivity index (χ0v) is 13.0. The predicted octanol–water partition coefficient (Wildman–Crippen LogP) is 2.89. The fourth-order valence-corrected chi connectivity index (χ4v) is 4.01. The molecule has 0 aromatic rings. The van der Waals surface area contributed by atoms with Gasteiger partial charge in [-0.2, -0.15) is 0 Å². The van der Waals surface area contributed by atoms with Crippen LogP contribution in [-0.4, -0.2) is 25.5 Å². The number of sulfone groups is 1. The van der Waals surface area contributed by atoms with Crippen LogP contribution in [0.5, 0.6) is 0 Å². The van der Waals surface area contributed by atoms with Crippen molar-refractivity contribution in [1.29, 1.82) is 0 Å². The van der Waals surface area contributed by atoms with E-state index in [0.717, 1.165) is 19.3 Å². The Morgan fingerprint density at radius 1 is 1.06 bits per heavy atom. The van der Waals surface area contributed by atoms with Crippen molar-refractivity contribution in [3.05, 3.63) is 0 Å². The van der Waals surface area contributed by atoms with Crippen molar-refractivity contribution in [2.45, 2.75) is 70.5 Å². The van der Waals surface area contributed by atoms with Crippen LogP contribution in [0.3, 0.4) is 0 Å². The van der Waals surface area contributed by atoms with Crippen molar-refractivity contribution < 1.29 is 8.42 Å². The van der Waals surface area contributed by atoms with Crippen molar-refractivity contribution in [2.24, 2.45) is 11.1 Å². The van der Waals surface area contributed by atoms with Crippen LogP contribution in [0.2, 0.25) is 0 Å². The first kappa shape index (κ1) is 16.0. The third kappa shape index (κ3) is 3.95. The highest BCUT2D eigenvalue weighted by Gasteiger charge is 2.34. The van der Waals surface area contributed by atoms with Gasteiger partial charge in [0.1, 0.15) is 0 Å². The smallest absolute Gasteiger partial charge is 0.155 e. The zero-order chi connectivity index (χ0) is 13.9. The molecular weight excluding hydrogens is 246 g/mol. The summed E-state index contributed by atoms with van der Waals surface area (Å²) in [5.74, 6) is 0.285. The van der Waals surface area contributed by atoms with E-state index in [1.807, 2.05) is 0 Å². The Labute approximate surface area is 112 Å². The molecule has 0 unspecified atom stereocenters. The van der Waals surface area contributed by atoms with Crippen LogP contribution >= 0.6 is 0 Å². The van der Waals surface area contributed by atoms with Crippen molar-refractivity contribution in [1.82, 2.24) is 0 Å². The highest BCUT2D eigenvalue weighted by atomic mass is 32.2. The second kappa shape index (κ2) is 5.91. The van der Waals surface area contributed by atoms with E-state index in [1.54, 1.807) is 20.8 Å². The summed E-state index contributed by atoms with van der Waals surface area (Å²) in [5.41, 5.74) is 6.03. The minimum absolute atomic E-state index is 0.0782. The van der Waals surface area contributed by atoms with Crippen LogP contribution in [0.25, 0.3) is 0 Å². The van der Waals surface area contributed by atoms with E-state index in [4.69, 9.17) is 5.73 Å². The first-order valence-electron chi connectivity index (χ1n) is 7.15. The van der Waals surface area contributed by atoms with Crippen molar-refractivity contribution >= 4 is 9.84 Å². The minimum atomic E-state index is -3.01. The molecule has 0 spiro atoms. The maximum absolute atomic E-state index is 12.2. The molecule has 108 valence electrons. The lowest BCUT2D eigenvalue weighted by Crippen LogP contribution is -2.36. The molecule has 4 heteroatoms. The van der Waals surface area contributed by atoms with E-state index in [0.29, 0.717) is 6.54 Å². The van der Waals surface area contributed by atoms with Gasteiger partial charge in [0, 0.05) is 0 Å². The monoisotopic (exact) mass is 275 g/mol. The van der Waals surface area contributed by atoms with Crippen molar-refractivity contribution in [3.8, 4) is 0 Å². The fraction of sp³-hybridized carbons (Fsp3) is 1.00. The minimum Gasteiger partial charge on any atom is -0.330 e. The van der Waals surface area contributed by atoms with Crippen molar-refractivity contribution in [3.63, 3.8) is 0 Å². The summed E-state index contributed by atoms with van der Waals surface area (Å²) in [5, 5.41) is 0. The molecule has 2 N–H and O–H groups in total. The molecule has 0 heterocycles. The molecule has 0 radical (unpaired) electrons. The number of nitrogens with two attached hydrogens (primary N) is 1. The first-order chi connectivity index (χ1) is 8.22. The molecule has 1 aliphatic rings. The van der Waals surface area contributed by atoms with E-state index in [1.165, 1.54) is 25.7 Å². The number of hydrogen-bond donors (Lipinski definition) is 1. The lowest BCUT2D eigenvalue weighted by atomic mass is 9.78. The summed E-state index contributed by atoms with van der Waals surface area (Å²) in [6, 6.07) is 0. The Bertz CT molecular complexity index is 346. The zero-order valence-electron chi connectivity index (χ0n) is 12.2. The third-order valence-corrected chi connectivity index (χ3v) is 7.04. The van der Waals surface area contributed by atoms with Crippen LogP contribution in [0, 0.1) is 5.41 Å². The molecule has 1 rings (SSSR count). The lowest BCUT2D eigenvalue weighted by Gasteiger charge is -2.32. The number of rotatable bonds is 4.